The van der Waals surface area contributed by atoms with Crippen molar-refractivity contribution < 1.29 is 9.59 Å². The van der Waals surface area contributed by atoms with Crippen molar-refractivity contribution in [1.29, 1.82) is 0 Å². The molecule has 0 unspecified atom stereocenters. The van der Waals surface area contributed by atoms with Crippen LogP contribution in [0.3, 0.4) is 0 Å². The van der Waals surface area contributed by atoms with Gasteiger partial charge in [0.1, 0.15) is 6.54 Å². The highest BCUT2D eigenvalue weighted by Crippen LogP contribution is 2.20. The summed E-state index contributed by atoms with van der Waals surface area (Å²) in [6, 6.07) is 20.7. The fourth-order valence-corrected chi connectivity index (χ4v) is 4.43. The van der Waals surface area contributed by atoms with Crippen molar-refractivity contribution >= 4 is 29.2 Å². The number of hydrogen-bond acceptors (Lipinski definition) is 5. The molecule has 0 radical (unpaired) electrons. The van der Waals surface area contributed by atoms with E-state index < -0.39 is 0 Å². The molecule has 0 bridgehead atoms. The molecule has 2 amide bonds. The second-order valence-corrected chi connectivity index (χ2v) is 9.50. The van der Waals surface area contributed by atoms with Gasteiger partial charge in [-0.15, -0.1) is 10.2 Å². The van der Waals surface area contributed by atoms with Crippen LogP contribution in [0.15, 0.2) is 66.7 Å². The number of benzene rings is 2. The van der Waals surface area contributed by atoms with Crippen LogP contribution in [0.4, 0.5) is 5.82 Å². The first kappa shape index (κ1) is 25.6. The van der Waals surface area contributed by atoms with Gasteiger partial charge in [-0.25, -0.2) is 0 Å². The van der Waals surface area contributed by atoms with Gasteiger partial charge in [-0.2, -0.15) is 0 Å². The molecule has 1 atom stereocenters. The monoisotopic (exact) mass is 505 g/mol. The van der Waals surface area contributed by atoms with Gasteiger partial charge >= 0.3 is 0 Å². The molecule has 8 heteroatoms. The van der Waals surface area contributed by atoms with Crippen LogP contribution in [-0.2, 0) is 4.79 Å². The highest BCUT2D eigenvalue weighted by Gasteiger charge is 2.27. The van der Waals surface area contributed by atoms with Gasteiger partial charge in [0.15, 0.2) is 5.82 Å². The van der Waals surface area contributed by atoms with Crippen LogP contribution in [0.5, 0.6) is 0 Å². The molecule has 1 aliphatic rings. The van der Waals surface area contributed by atoms with E-state index in [9.17, 15) is 9.59 Å². The zero-order valence-corrected chi connectivity index (χ0v) is 21.6. The minimum atomic E-state index is -0.153. The molecule has 3 aromatic rings. The van der Waals surface area contributed by atoms with Crippen molar-refractivity contribution in [2.75, 3.05) is 37.6 Å². The molecule has 7 nitrogen and oxygen atoms in total. The van der Waals surface area contributed by atoms with Crippen molar-refractivity contribution in [3.63, 3.8) is 0 Å². The van der Waals surface area contributed by atoms with E-state index in [1.165, 1.54) is 0 Å². The fourth-order valence-electron chi connectivity index (χ4n) is 4.30. The first-order valence-corrected chi connectivity index (χ1v) is 12.8. The summed E-state index contributed by atoms with van der Waals surface area (Å²) < 4.78 is 0. The number of halogens is 1. The molecule has 0 saturated carbocycles. The quantitative estimate of drug-likeness (QED) is 0.462. The van der Waals surface area contributed by atoms with Crippen LogP contribution in [0.2, 0.25) is 5.02 Å². The van der Waals surface area contributed by atoms with E-state index in [2.05, 4.69) is 15.1 Å². The largest absolute Gasteiger partial charge is 0.353 e. The van der Waals surface area contributed by atoms with Gasteiger partial charge in [0, 0.05) is 48.4 Å². The van der Waals surface area contributed by atoms with Gasteiger partial charge < -0.3 is 14.7 Å². The molecule has 1 aromatic heterocycles. The van der Waals surface area contributed by atoms with E-state index in [0.717, 1.165) is 36.5 Å². The van der Waals surface area contributed by atoms with Crippen LogP contribution >= 0.6 is 11.6 Å². The number of aromatic nitrogens is 2. The molecule has 1 saturated heterocycles. The molecule has 1 fully saturated rings. The molecule has 188 valence electrons. The van der Waals surface area contributed by atoms with Gasteiger partial charge in [-0.05, 0) is 56.2 Å². The van der Waals surface area contributed by atoms with Crippen LogP contribution in [0.1, 0.15) is 37.0 Å². The lowest BCUT2D eigenvalue weighted by Gasteiger charge is -2.31. The molecule has 0 spiro atoms. The second kappa shape index (κ2) is 12.0. The average molecular weight is 506 g/mol. The highest BCUT2D eigenvalue weighted by molar-refractivity contribution is 6.30. The van der Waals surface area contributed by atoms with Gasteiger partial charge in [0.2, 0.25) is 5.91 Å². The van der Waals surface area contributed by atoms with Gasteiger partial charge in [0.25, 0.3) is 5.91 Å². The Balaban J connectivity index is 1.39. The molecular formula is C28H32ClN5O2. The molecule has 36 heavy (non-hydrogen) atoms. The fraction of sp³-hybridized carbons (Fsp3) is 0.357. The summed E-state index contributed by atoms with van der Waals surface area (Å²) in [5, 5.41) is 9.43. The van der Waals surface area contributed by atoms with E-state index in [0.29, 0.717) is 30.2 Å². The molecule has 2 aromatic carbocycles. The summed E-state index contributed by atoms with van der Waals surface area (Å²) in [5.74, 6) is 0.618. The second-order valence-electron chi connectivity index (χ2n) is 9.06. The topological polar surface area (TPSA) is 69.6 Å². The summed E-state index contributed by atoms with van der Waals surface area (Å²) in [7, 11) is 0. The standard InChI is InChI=1S/C28H32ClN5O2/c1-3-21(2)34(28(36)23-10-12-24(29)13-11-23)20-27(35)33-17-7-16-32(18-19-33)26-15-14-25(30-31-26)22-8-5-4-6-9-22/h4-6,8-15,21H,3,7,16-20H2,1-2H3/t21-/m1/s1. The molecule has 2 heterocycles. The predicted molar refractivity (Wildman–Crippen MR) is 143 cm³/mol. The van der Waals surface area contributed by atoms with Crippen molar-refractivity contribution in [2.45, 2.75) is 32.7 Å². The summed E-state index contributed by atoms with van der Waals surface area (Å²) in [6.07, 6.45) is 1.58. The lowest BCUT2D eigenvalue weighted by atomic mass is 10.1. The van der Waals surface area contributed by atoms with Crippen molar-refractivity contribution in [3.8, 4) is 11.3 Å². The summed E-state index contributed by atoms with van der Waals surface area (Å²) in [6.45, 7) is 6.73. The molecule has 4 rings (SSSR count). The first-order chi connectivity index (χ1) is 17.5. The number of rotatable bonds is 7. The third kappa shape index (κ3) is 6.21. The average Bonchev–Trinajstić information content (AvgIpc) is 3.18. The Kier molecular flexibility index (Phi) is 8.54. The van der Waals surface area contributed by atoms with Gasteiger partial charge in [-0.1, -0.05) is 48.9 Å². The Labute approximate surface area is 217 Å². The predicted octanol–water partition coefficient (Wildman–Crippen LogP) is 4.78. The maximum atomic E-state index is 13.3. The number of hydrogen-bond donors (Lipinski definition) is 0. The Morgan fingerprint density at radius 3 is 2.36 bits per heavy atom. The normalized spacial score (nSPS) is 14.8. The lowest BCUT2D eigenvalue weighted by Crippen LogP contribution is -2.47. The first-order valence-electron chi connectivity index (χ1n) is 12.4. The van der Waals surface area contributed by atoms with Crippen LogP contribution in [0, 0.1) is 0 Å². The van der Waals surface area contributed by atoms with Gasteiger partial charge in [-0.3, -0.25) is 9.59 Å². The number of anilines is 1. The zero-order chi connectivity index (χ0) is 25.5. The minimum absolute atomic E-state index is 0.0371. The number of carbonyl (C=O) groups excluding carboxylic acids is 2. The number of nitrogens with zero attached hydrogens (tertiary/aromatic N) is 5. The highest BCUT2D eigenvalue weighted by atomic mass is 35.5. The van der Waals surface area contributed by atoms with E-state index in [4.69, 9.17) is 11.6 Å². The van der Waals surface area contributed by atoms with Crippen molar-refractivity contribution in [2.24, 2.45) is 0 Å². The summed E-state index contributed by atoms with van der Waals surface area (Å²) in [4.78, 5) is 32.2. The van der Waals surface area contributed by atoms with Gasteiger partial charge in [0.05, 0.1) is 5.69 Å². The number of carbonyl (C=O) groups is 2. The van der Waals surface area contributed by atoms with E-state index >= 15 is 0 Å². The Bertz CT molecular complexity index is 1150. The molecule has 1 aliphatic heterocycles. The maximum absolute atomic E-state index is 13.3. The molecule has 0 aliphatic carbocycles. The van der Waals surface area contributed by atoms with E-state index in [1.807, 2.05) is 61.2 Å². The molecular weight excluding hydrogens is 474 g/mol. The molecule has 0 N–H and O–H groups in total. The third-order valence-electron chi connectivity index (χ3n) is 6.67. The number of amides is 2. The summed E-state index contributed by atoms with van der Waals surface area (Å²) in [5.41, 5.74) is 2.40. The summed E-state index contributed by atoms with van der Waals surface area (Å²) >= 11 is 5.98. The lowest BCUT2D eigenvalue weighted by molar-refractivity contribution is -0.132. The van der Waals surface area contributed by atoms with Crippen molar-refractivity contribution in [3.05, 3.63) is 77.3 Å². The van der Waals surface area contributed by atoms with E-state index in [-0.39, 0.29) is 24.4 Å². The Hall–Kier alpha value is -3.45. The maximum Gasteiger partial charge on any atom is 0.254 e. The van der Waals surface area contributed by atoms with Crippen LogP contribution in [-0.4, -0.2) is 70.6 Å². The van der Waals surface area contributed by atoms with Crippen molar-refractivity contribution in [1.82, 2.24) is 20.0 Å². The van der Waals surface area contributed by atoms with Crippen LogP contribution in [0.25, 0.3) is 11.3 Å². The smallest absolute Gasteiger partial charge is 0.254 e. The SMILES string of the molecule is CC[C@@H](C)N(CC(=O)N1CCCN(c2ccc(-c3ccccc3)nn2)CC1)C(=O)c1ccc(Cl)cc1. The Morgan fingerprint density at radius 1 is 0.944 bits per heavy atom. The Morgan fingerprint density at radius 2 is 1.69 bits per heavy atom. The van der Waals surface area contributed by atoms with E-state index in [1.54, 1.807) is 29.2 Å². The zero-order valence-electron chi connectivity index (χ0n) is 20.8. The van der Waals surface area contributed by atoms with Crippen LogP contribution < -0.4 is 4.90 Å². The minimum Gasteiger partial charge on any atom is -0.353 e. The third-order valence-corrected chi connectivity index (χ3v) is 6.93.